The molecule has 0 unspecified atom stereocenters. The van der Waals surface area contributed by atoms with E-state index < -0.39 is 11.9 Å². The third kappa shape index (κ3) is 12.8. The van der Waals surface area contributed by atoms with Crippen molar-refractivity contribution in [3.05, 3.63) is 53.1 Å². The van der Waals surface area contributed by atoms with E-state index >= 15 is 0 Å². The van der Waals surface area contributed by atoms with Crippen LogP contribution in [0.15, 0.2) is 30.3 Å². The van der Waals surface area contributed by atoms with Crippen LogP contribution in [0.1, 0.15) is 32.4 Å². The Labute approximate surface area is 235 Å². The number of methoxy groups -OCH3 is 2. The van der Waals surface area contributed by atoms with Crippen molar-refractivity contribution in [2.24, 2.45) is 0 Å². The van der Waals surface area contributed by atoms with Crippen molar-refractivity contribution in [3.63, 3.8) is 0 Å². The minimum atomic E-state index is -1.07. The molecule has 2 aromatic heterocycles. The van der Waals surface area contributed by atoms with Crippen molar-refractivity contribution in [3.8, 4) is 0 Å². The summed E-state index contributed by atoms with van der Waals surface area (Å²) >= 11 is 0. The van der Waals surface area contributed by atoms with Gasteiger partial charge in [0.25, 0.3) is 0 Å². The molecule has 222 valence electrons. The number of nitrogens with one attached hydrogen (secondary N) is 1. The van der Waals surface area contributed by atoms with E-state index in [1.165, 1.54) is 12.1 Å². The average Bonchev–Trinajstić information content (AvgIpc) is 2.95. The number of pyridine rings is 2. The van der Waals surface area contributed by atoms with Crippen LogP contribution in [0.25, 0.3) is 0 Å². The first-order chi connectivity index (χ1) is 19.4. The quantitative estimate of drug-likeness (QED) is 0.178. The molecule has 0 aliphatic carbocycles. The number of carboxylic acid groups (broad SMARTS) is 2. The van der Waals surface area contributed by atoms with Crippen LogP contribution in [-0.2, 0) is 32.0 Å². The molecular weight excluding hydrogens is 522 g/mol. The van der Waals surface area contributed by atoms with E-state index in [0.717, 1.165) is 0 Å². The summed E-state index contributed by atoms with van der Waals surface area (Å²) in [6.45, 7) is 6.35. The van der Waals surface area contributed by atoms with Crippen molar-refractivity contribution in [2.45, 2.75) is 13.1 Å². The summed E-state index contributed by atoms with van der Waals surface area (Å²) in [5.41, 5.74) is 2.02. The van der Waals surface area contributed by atoms with Gasteiger partial charge < -0.3 is 34.5 Å². The van der Waals surface area contributed by atoms with E-state index in [1.54, 1.807) is 33.4 Å². The van der Waals surface area contributed by atoms with Crippen molar-refractivity contribution < 1.29 is 38.7 Å². The zero-order valence-corrected chi connectivity index (χ0v) is 23.5. The minimum absolute atomic E-state index is 0.00670. The predicted octanol–water partition coefficient (Wildman–Crippen LogP) is 1.54. The lowest BCUT2D eigenvalue weighted by molar-refractivity contribution is 0.0250. The topological polar surface area (TPSA) is 156 Å². The molecule has 0 atom stereocenters. The maximum Gasteiger partial charge on any atom is 0.354 e. The van der Waals surface area contributed by atoms with Gasteiger partial charge in [-0.2, -0.15) is 0 Å². The Hall–Kier alpha value is -3.20. The molecule has 40 heavy (non-hydrogen) atoms. The second kappa shape index (κ2) is 19.0. The maximum absolute atomic E-state index is 11.4. The minimum Gasteiger partial charge on any atom is -0.477 e. The molecule has 0 aliphatic heterocycles. The van der Waals surface area contributed by atoms with E-state index in [9.17, 15) is 14.7 Å². The fraction of sp³-hybridized carbons (Fsp3) is 0.556. The van der Waals surface area contributed by atoms with Gasteiger partial charge in [-0.15, -0.1) is 0 Å². The molecule has 3 N–H and O–H groups in total. The van der Waals surface area contributed by atoms with Crippen LogP contribution in [0.2, 0.25) is 0 Å². The number of hydrogen-bond acceptors (Lipinski definition) is 11. The van der Waals surface area contributed by atoms with Gasteiger partial charge in [-0.3, -0.25) is 9.80 Å². The number of ether oxygens (including phenoxy) is 4. The summed E-state index contributed by atoms with van der Waals surface area (Å²) in [6, 6.07) is 8.29. The molecule has 2 heterocycles. The van der Waals surface area contributed by atoms with Crippen molar-refractivity contribution in [1.29, 1.82) is 0 Å². The van der Waals surface area contributed by atoms with Crippen LogP contribution in [-0.4, -0.2) is 129 Å². The monoisotopic (exact) mass is 563 g/mol. The lowest BCUT2D eigenvalue weighted by Gasteiger charge is -2.22. The lowest BCUT2D eigenvalue weighted by Crippen LogP contribution is -2.32. The fourth-order valence-corrected chi connectivity index (χ4v) is 3.76. The van der Waals surface area contributed by atoms with E-state index in [2.05, 4.69) is 25.1 Å². The summed E-state index contributed by atoms with van der Waals surface area (Å²) in [6.07, 6.45) is 0. The third-order valence-corrected chi connectivity index (χ3v) is 5.88. The first-order valence-corrected chi connectivity index (χ1v) is 13.1. The Kier molecular flexibility index (Phi) is 15.7. The van der Waals surface area contributed by atoms with Crippen molar-refractivity contribution in [2.75, 3.05) is 92.4 Å². The first kappa shape index (κ1) is 33.0. The summed E-state index contributed by atoms with van der Waals surface area (Å²) in [5.74, 6) is -2.13. The van der Waals surface area contributed by atoms with E-state index in [4.69, 9.17) is 24.1 Å². The van der Waals surface area contributed by atoms with Crippen LogP contribution in [0.4, 0.5) is 5.69 Å². The fourth-order valence-electron chi connectivity index (χ4n) is 3.76. The highest BCUT2D eigenvalue weighted by molar-refractivity contribution is 5.86. The number of carbonyl (C=O) groups is 2. The Morgan fingerprint density at radius 2 is 1.27 bits per heavy atom. The van der Waals surface area contributed by atoms with Gasteiger partial charge in [-0.1, -0.05) is 6.07 Å². The molecule has 2 aromatic rings. The molecule has 13 heteroatoms. The number of anilines is 1. The molecule has 0 fully saturated rings. The van der Waals surface area contributed by atoms with Gasteiger partial charge in [0.05, 0.1) is 51.0 Å². The molecule has 0 amide bonds. The Bertz CT molecular complexity index is 1040. The lowest BCUT2D eigenvalue weighted by atomic mass is 10.2. The molecule has 0 aliphatic rings. The average molecular weight is 564 g/mol. The van der Waals surface area contributed by atoms with Crippen LogP contribution < -0.4 is 5.32 Å². The summed E-state index contributed by atoms with van der Waals surface area (Å²) in [5, 5.41) is 21.5. The van der Waals surface area contributed by atoms with Gasteiger partial charge in [-0.25, -0.2) is 19.6 Å². The summed E-state index contributed by atoms with van der Waals surface area (Å²) < 4.78 is 21.9. The van der Waals surface area contributed by atoms with E-state index in [0.29, 0.717) is 96.0 Å². The van der Waals surface area contributed by atoms with Gasteiger partial charge >= 0.3 is 11.9 Å². The molecule has 0 radical (unpaired) electrons. The van der Waals surface area contributed by atoms with Crippen LogP contribution >= 0.6 is 0 Å². The second-order valence-electron chi connectivity index (χ2n) is 8.87. The molecule has 0 saturated carbocycles. The van der Waals surface area contributed by atoms with E-state index in [1.807, 2.05) is 6.07 Å². The first-order valence-electron chi connectivity index (χ1n) is 13.1. The van der Waals surface area contributed by atoms with E-state index in [-0.39, 0.29) is 11.4 Å². The number of rotatable bonds is 22. The highest BCUT2D eigenvalue weighted by Gasteiger charge is 2.13. The number of nitrogens with zero attached hydrogens (tertiary/aromatic N) is 4. The van der Waals surface area contributed by atoms with Gasteiger partial charge in [0.1, 0.15) is 5.69 Å². The van der Waals surface area contributed by atoms with Crippen molar-refractivity contribution >= 4 is 17.6 Å². The number of hydrogen-bond donors (Lipinski definition) is 3. The van der Waals surface area contributed by atoms with Gasteiger partial charge in [-0.05, 0) is 24.3 Å². The Morgan fingerprint density at radius 3 is 1.80 bits per heavy atom. The highest BCUT2D eigenvalue weighted by Crippen LogP contribution is 2.13. The van der Waals surface area contributed by atoms with Gasteiger partial charge in [0, 0.05) is 66.2 Å². The maximum atomic E-state index is 11.4. The molecule has 0 aromatic carbocycles. The number of aromatic nitrogens is 2. The third-order valence-electron chi connectivity index (χ3n) is 5.88. The molecule has 2 rings (SSSR count). The molecule has 0 bridgehead atoms. The van der Waals surface area contributed by atoms with Crippen molar-refractivity contribution in [1.82, 2.24) is 19.8 Å². The normalized spacial score (nSPS) is 11.3. The molecule has 0 saturated heterocycles. The standard InChI is InChI=1S/C27H41N5O8/c1-28-22-17-23(30-25(18-22)27(35)36)20-32(8-12-38-3)10-14-40-16-15-39-13-9-31(7-11-37-2)19-21-5-4-6-24(29-21)26(33)34/h4-6,17-18H,7-16,19-20H2,1-3H3,(H,28,30)(H,33,34)(H,35,36). The SMILES string of the molecule is CNc1cc(CN(CCOC)CCOCCOCCN(CCOC)Cc2cccc(C(=O)O)n2)nc(C(=O)O)c1. The molecule has 0 spiro atoms. The Balaban J connectivity index is 1.74. The molecule has 13 nitrogen and oxygen atoms in total. The Morgan fingerprint density at radius 1 is 0.750 bits per heavy atom. The summed E-state index contributed by atoms with van der Waals surface area (Å²) in [7, 11) is 5.00. The van der Waals surface area contributed by atoms with Crippen LogP contribution in [0.3, 0.4) is 0 Å². The van der Waals surface area contributed by atoms with Gasteiger partial charge in [0.2, 0.25) is 0 Å². The van der Waals surface area contributed by atoms with Crippen LogP contribution in [0, 0.1) is 0 Å². The zero-order valence-electron chi connectivity index (χ0n) is 23.5. The van der Waals surface area contributed by atoms with Gasteiger partial charge in [0.15, 0.2) is 5.69 Å². The smallest absolute Gasteiger partial charge is 0.354 e. The molecular formula is C27H41N5O8. The highest BCUT2D eigenvalue weighted by atomic mass is 16.5. The zero-order chi connectivity index (χ0) is 29.2. The predicted molar refractivity (Wildman–Crippen MR) is 148 cm³/mol. The number of aromatic carboxylic acids is 2. The van der Waals surface area contributed by atoms with Crippen LogP contribution in [0.5, 0.6) is 0 Å². The second-order valence-corrected chi connectivity index (χ2v) is 8.87. The largest absolute Gasteiger partial charge is 0.477 e. The summed E-state index contributed by atoms with van der Waals surface area (Å²) in [4.78, 5) is 35.2. The number of carboxylic acids is 2.